The largest absolute Gasteiger partial charge is 0.381 e. The SMILES string of the molecule is CCCCCOCCCC1CCCN1. The maximum absolute atomic E-state index is 5.57. The standard InChI is InChI=1S/C12H25NO/c1-2-3-4-10-14-11-6-8-12-7-5-9-13-12/h12-13H,2-11H2,1H3. The van der Waals surface area contributed by atoms with E-state index in [1.54, 1.807) is 0 Å². The van der Waals surface area contributed by atoms with Gasteiger partial charge in [0, 0.05) is 19.3 Å². The lowest BCUT2D eigenvalue weighted by Crippen LogP contribution is -2.21. The summed E-state index contributed by atoms with van der Waals surface area (Å²) in [7, 11) is 0. The van der Waals surface area contributed by atoms with Gasteiger partial charge in [-0.05, 0) is 38.6 Å². The number of rotatable bonds is 8. The molecule has 1 aliphatic heterocycles. The van der Waals surface area contributed by atoms with Crippen LogP contribution < -0.4 is 5.32 Å². The van der Waals surface area contributed by atoms with Crippen LogP contribution in [0.2, 0.25) is 0 Å². The van der Waals surface area contributed by atoms with E-state index >= 15 is 0 Å². The number of unbranched alkanes of at least 4 members (excludes halogenated alkanes) is 2. The van der Waals surface area contributed by atoms with Crippen molar-refractivity contribution in [2.75, 3.05) is 19.8 Å². The Kier molecular flexibility index (Phi) is 7.06. The number of hydrogen-bond acceptors (Lipinski definition) is 2. The molecule has 0 spiro atoms. The summed E-state index contributed by atoms with van der Waals surface area (Å²) in [4.78, 5) is 0. The summed E-state index contributed by atoms with van der Waals surface area (Å²) in [6.07, 6.45) is 9.09. The van der Waals surface area contributed by atoms with Crippen LogP contribution in [-0.4, -0.2) is 25.8 Å². The average Bonchev–Trinajstić information content (AvgIpc) is 2.69. The molecule has 84 valence electrons. The van der Waals surface area contributed by atoms with Gasteiger partial charge in [-0.3, -0.25) is 0 Å². The minimum Gasteiger partial charge on any atom is -0.381 e. The first-order valence-corrected chi connectivity index (χ1v) is 6.24. The summed E-state index contributed by atoms with van der Waals surface area (Å²) in [5.41, 5.74) is 0. The zero-order valence-electron chi connectivity index (χ0n) is 9.56. The average molecular weight is 199 g/mol. The van der Waals surface area contributed by atoms with Gasteiger partial charge >= 0.3 is 0 Å². The van der Waals surface area contributed by atoms with Crippen molar-refractivity contribution in [2.24, 2.45) is 0 Å². The summed E-state index contributed by atoms with van der Waals surface area (Å²) in [6.45, 7) is 5.38. The molecule has 0 radical (unpaired) electrons. The van der Waals surface area contributed by atoms with Gasteiger partial charge in [-0.1, -0.05) is 19.8 Å². The lowest BCUT2D eigenvalue weighted by atomic mass is 10.1. The zero-order valence-corrected chi connectivity index (χ0v) is 9.56. The smallest absolute Gasteiger partial charge is 0.0466 e. The molecule has 1 rings (SSSR count). The van der Waals surface area contributed by atoms with Crippen LogP contribution >= 0.6 is 0 Å². The third-order valence-electron chi connectivity index (χ3n) is 2.90. The molecule has 0 aromatic rings. The van der Waals surface area contributed by atoms with Crippen LogP contribution in [0.5, 0.6) is 0 Å². The van der Waals surface area contributed by atoms with Crippen LogP contribution in [0.4, 0.5) is 0 Å². The molecule has 1 saturated heterocycles. The van der Waals surface area contributed by atoms with Crippen molar-refractivity contribution in [3.8, 4) is 0 Å². The molecule has 1 fully saturated rings. The van der Waals surface area contributed by atoms with E-state index in [2.05, 4.69) is 12.2 Å². The monoisotopic (exact) mass is 199 g/mol. The third kappa shape index (κ3) is 5.61. The first-order valence-electron chi connectivity index (χ1n) is 6.24. The molecule has 0 aliphatic carbocycles. The quantitative estimate of drug-likeness (QED) is 0.607. The highest BCUT2D eigenvalue weighted by Gasteiger charge is 2.12. The van der Waals surface area contributed by atoms with Crippen molar-refractivity contribution >= 4 is 0 Å². The summed E-state index contributed by atoms with van der Waals surface area (Å²) in [5.74, 6) is 0. The molecule has 1 heterocycles. The second-order valence-electron chi connectivity index (χ2n) is 4.25. The Morgan fingerprint density at radius 1 is 1.21 bits per heavy atom. The van der Waals surface area contributed by atoms with Gasteiger partial charge in [0.2, 0.25) is 0 Å². The minimum absolute atomic E-state index is 0.786. The lowest BCUT2D eigenvalue weighted by Gasteiger charge is -2.09. The van der Waals surface area contributed by atoms with Crippen molar-refractivity contribution in [1.29, 1.82) is 0 Å². The Bertz CT molecular complexity index is 121. The van der Waals surface area contributed by atoms with E-state index in [9.17, 15) is 0 Å². The van der Waals surface area contributed by atoms with Crippen molar-refractivity contribution in [2.45, 2.75) is 57.9 Å². The number of nitrogens with one attached hydrogen (secondary N) is 1. The molecule has 0 aromatic heterocycles. The van der Waals surface area contributed by atoms with Crippen molar-refractivity contribution in [1.82, 2.24) is 5.32 Å². The van der Waals surface area contributed by atoms with Gasteiger partial charge in [0.15, 0.2) is 0 Å². The van der Waals surface area contributed by atoms with Gasteiger partial charge in [0.05, 0.1) is 0 Å². The van der Waals surface area contributed by atoms with E-state index in [0.29, 0.717) is 0 Å². The van der Waals surface area contributed by atoms with Crippen molar-refractivity contribution in [3.63, 3.8) is 0 Å². The summed E-state index contributed by atoms with van der Waals surface area (Å²) < 4.78 is 5.57. The summed E-state index contributed by atoms with van der Waals surface area (Å²) >= 11 is 0. The van der Waals surface area contributed by atoms with Crippen LogP contribution in [0.1, 0.15) is 51.9 Å². The fourth-order valence-corrected chi connectivity index (χ4v) is 1.99. The van der Waals surface area contributed by atoms with E-state index in [1.807, 2.05) is 0 Å². The predicted molar refractivity (Wildman–Crippen MR) is 60.6 cm³/mol. The Hall–Kier alpha value is -0.0800. The van der Waals surface area contributed by atoms with E-state index < -0.39 is 0 Å². The Labute approximate surface area is 88.4 Å². The van der Waals surface area contributed by atoms with Crippen LogP contribution in [0.25, 0.3) is 0 Å². The predicted octanol–water partition coefficient (Wildman–Crippen LogP) is 2.73. The molecule has 1 N–H and O–H groups in total. The molecule has 2 heteroatoms. The van der Waals surface area contributed by atoms with E-state index in [0.717, 1.165) is 19.3 Å². The highest BCUT2D eigenvalue weighted by atomic mass is 16.5. The fraction of sp³-hybridized carbons (Fsp3) is 1.00. The van der Waals surface area contributed by atoms with E-state index in [4.69, 9.17) is 4.74 Å². The van der Waals surface area contributed by atoms with Crippen LogP contribution in [-0.2, 0) is 4.74 Å². The van der Waals surface area contributed by atoms with Crippen LogP contribution in [0, 0.1) is 0 Å². The van der Waals surface area contributed by atoms with Crippen molar-refractivity contribution in [3.05, 3.63) is 0 Å². The zero-order chi connectivity index (χ0) is 10.1. The first-order chi connectivity index (χ1) is 6.93. The molecule has 0 amide bonds. The molecule has 1 aliphatic rings. The molecular formula is C12H25NO. The second kappa shape index (κ2) is 8.25. The molecular weight excluding hydrogens is 174 g/mol. The highest BCUT2D eigenvalue weighted by molar-refractivity contribution is 4.73. The Morgan fingerprint density at radius 2 is 2.07 bits per heavy atom. The Morgan fingerprint density at radius 3 is 2.79 bits per heavy atom. The van der Waals surface area contributed by atoms with Gasteiger partial charge < -0.3 is 10.1 Å². The summed E-state index contributed by atoms with van der Waals surface area (Å²) in [6, 6.07) is 0.786. The minimum atomic E-state index is 0.786. The maximum atomic E-state index is 5.57. The van der Waals surface area contributed by atoms with Crippen LogP contribution in [0.15, 0.2) is 0 Å². The molecule has 2 nitrogen and oxygen atoms in total. The normalized spacial score (nSPS) is 21.6. The number of ether oxygens (including phenoxy) is 1. The molecule has 0 aromatic carbocycles. The topological polar surface area (TPSA) is 21.3 Å². The number of hydrogen-bond donors (Lipinski definition) is 1. The fourth-order valence-electron chi connectivity index (χ4n) is 1.99. The lowest BCUT2D eigenvalue weighted by molar-refractivity contribution is 0.125. The van der Waals surface area contributed by atoms with Gasteiger partial charge in [-0.15, -0.1) is 0 Å². The van der Waals surface area contributed by atoms with E-state index in [-0.39, 0.29) is 0 Å². The van der Waals surface area contributed by atoms with Gasteiger partial charge in [0.1, 0.15) is 0 Å². The third-order valence-corrected chi connectivity index (χ3v) is 2.90. The molecule has 1 unspecified atom stereocenters. The second-order valence-corrected chi connectivity index (χ2v) is 4.25. The van der Waals surface area contributed by atoms with Gasteiger partial charge in [-0.25, -0.2) is 0 Å². The van der Waals surface area contributed by atoms with Crippen molar-refractivity contribution < 1.29 is 4.74 Å². The van der Waals surface area contributed by atoms with E-state index in [1.165, 1.54) is 51.5 Å². The van der Waals surface area contributed by atoms with Gasteiger partial charge in [0.25, 0.3) is 0 Å². The molecule has 0 bridgehead atoms. The summed E-state index contributed by atoms with van der Waals surface area (Å²) in [5, 5.41) is 3.51. The molecule has 1 atom stereocenters. The first kappa shape index (κ1) is 12.0. The Balaban J connectivity index is 1.75. The molecule has 14 heavy (non-hydrogen) atoms. The molecule has 0 saturated carbocycles. The highest BCUT2D eigenvalue weighted by Crippen LogP contribution is 2.10. The van der Waals surface area contributed by atoms with Gasteiger partial charge in [-0.2, -0.15) is 0 Å². The maximum Gasteiger partial charge on any atom is 0.0466 e. The van der Waals surface area contributed by atoms with Crippen LogP contribution in [0.3, 0.4) is 0 Å².